The van der Waals surface area contributed by atoms with Crippen LogP contribution in [0.1, 0.15) is 24.0 Å². The third-order valence-electron chi connectivity index (χ3n) is 2.56. The van der Waals surface area contributed by atoms with Gasteiger partial charge in [0.25, 0.3) is 0 Å². The predicted molar refractivity (Wildman–Crippen MR) is 49.4 cm³/mol. The highest BCUT2D eigenvalue weighted by molar-refractivity contribution is 5.34. The molecular weight excluding hydrogens is 148 g/mol. The van der Waals surface area contributed by atoms with E-state index < -0.39 is 5.66 Å². The summed E-state index contributed by atoms with van der Waals surface area (Å²) >= 11 is 0. The molecule has 0 unspecified atom stereocenters. The van der Waals surface area contributed by atoms with Crippen molar-refractivity contribution in [2.75, 3.05) is 0 Å². The average Bonchev–Trinajstić information content (AvgIpc) is 2.04. The lowest BCUT2D eigenvalue weighted by molar-refractivity contribution is 0.386. The minimum atomic E-state index is -0.588. The number of nitrogens with two attached hydrogens (primary N) is 2. The Bertz CT molecular complexity index is 292. The maximum Gasteiger partial charge on any atom is 0.0902 e. The summed E-state index contributed by atoms with van der Waals surface area (Å²) in [7, 11) is 0. The van der Waals surface area contributed by atoms with Crippen molar-refractivity contribution in [3.63, 3.8) is 0 Å². The molecule has 1 aliphatic carbocycles. The van der Waals surface area contributed by atoms with E-state index in [1.54, 1.807) is 0 Å². The molecule has 0 saturated heterocycles. The molecule has 0 amide bonds. The summed E-state index contributed by atoms with van der Waals surface area (Å²) < 4.78 is 0. The Balaban J connectivity index is 2.52. The van der Waals surface area contributed by atoms with Crippen LogP contribution in [0.25, 0.3) is 0 Å². The van der Waals surface area contributed by atoms with Crippen molar-refractivity contribution in [2.45, 2.75) is 24.9 Å². The van der Waals surface area contributed by atoms with Gasteiger partial charge in [-0.1, -0.05) is 24.3 Å². The molecular formula is C10H14N2. The van der Waals surface area contributed by atoms with Gasteiger partial charge >= 0.3 is 0 Å². The largest absolute Gasteiger partial charge is 0.310 e. The summed E-state index contributed by atoms with van der Waals surface area (Å²) in [6.07, 6.45) is 3.11. The molecule has 0 saturated carbocycles. The topological polar surface area (TPSA) is 52.0 Å². The number of rotatable bonds is 0. The fraction of sp³-hybridized carbons (Fsp3) is 0.400. The highest BCUT2D eigenvalue weighted by atomic mass is 15.0. The molecule has 0 spiro atoms. The molecule has 0 bridgehead atoms. The van der Waals surface area contributed by atoms with E-state index in [0.717, 1.165) is 24.8 Å². The predicted octanol–water partition coefficient (Wildman–Crippen LogP) is 1.09. The van der Waals surface area contributed by atoms with Crippen molar-refractivity contribution in [2.24, 2.45) is 11.5 Å². The lowest BCUT2D eigenvalue weighted by Gasteiger charge is -2.31. The van der Waals surface area contributed by atoms with Crippen molar-refractivity contribution in [3.8, 4) is 0 Å². The lowest BCUT2D eigenvalue weighted by atomic mass is 9.84. The maximum absolute atomic E-state index is 5.97. The van der Waals surface area contributed by atoms with Crippen LogP contribution in [0.2, 0.25) is 0 Å². The normalized spacial score (nSPS) is 20.2. The molecule has 0 aromatic heterocycles. The first-order valence-electron chi connectivity index (χ1n) is 4.36. The first kappa shape index (κ1) is 7.77. The number of benzene rings is 1. The van der Waals surface area contributed by atoms with Gasteiger partial charge in [0.15, 0.2) is 0 Å². The summed E-state index contributed by atoms with van der Waals surface area (Å²) in [5.41, 5.74) is 13.8. The summed E-state index contributed by atoms with van der Waals surface area (Å²) in [6.45, 7) is 0. The summed E-state index contributed by atoms with van der Waals surface area (Å²) in [5.74, 6) is 0. The van der Waals surface area contributed by atoms with Gasteiger partial charge in [-0.2, -0.15) is 0 Å². The third-order valence-corrected chi connectivity index (χ3v) is 2.56. The van der Waals surface area contributed by atoms with Crippen LogP contribution in [-0.4, -0.2) is 0 Å². The monoisotopic (exact) mass is 162 g/mol. The second-order valence-electron chi connectivity index (χ2n) is 3.55. The Morgan fingerprint density at radius 3 is 2.67 bits per heavy atom. The van der Waals surface area contributed by atoms with Crippen LogP contribution in [0, 0.1) is 0 Å². The number of aryl methyl sites for hydroxylation is 1. The molecule has 0 heterocycles. The van der Waals surface area contributed by atoms with E-state index in [9.17, 15) is 0 Å². The van der Waals surface area contributed by atoms with Crippen molar-refractivity contribution < 1.29 is 0 Å². The van der Waals surface area contributed by atoms with Gasteiger partial charge < -0.3 is 11.5 Å². The molecule has 0 radical (unpaired) electrons. The lowest BCUT2D eigenvalue weighted by Crippen LogP contribution is -2.48. The Kier molecular flexibility index (Phi) is 1.67. The van der Waals surface area contributed by atoms with Crippen LogP contribution in [0.4, 0.5) is 0 Å². The van der Waals surface area contributed by atoms with Crippen LogP contribution in [-0.2, 0) is 12.1 Å². The average molecular weight is 162 g/mol. The van der Waals surface area contributed by atoms with Crippen LogP contribution in [0.5, 0.6) is 0 Å². The molecule has 0 atom stereocenters. The zero-order valence-corrected chi connectivity index (χ0v) is 7.09. The highest BCUT2D eigenvalue weighted by Crippen LogP contribution is 2.28. The second kappa shape index (κ2) is 2.57. The molecule has 1 aliphatic rings. The number of hydrogen-bond acceptors (Lipinski definition) is 2. The Morgan fingerprint density at radius 2 is 1.92 bits per heavy atom. The highest BCUT2D eigenvalue weighted by Gasteiger charge is 2.27. The van der Waals surface area contributed by atoms with E-state index in [2.05, 4.69) is 6.07 Å². The SMILES string of the molecule is NC1(N)CCCc2ccccc21. The Morgan fingerprint density at radius 1 is 1.17 bits per heavy atom. The van der Waals surface area contributed by atoms with Crippen LogP contribution >= 0.6 is 0 Å². The first-order chi connectivity index (χ1) is 5.70. The first-order valence-corrected chi connectivity index (χ1v) is 4.36. The minimum Gasteiger partial charge on any atom is -0.310 e. The Hall–Kier alpha value is -0.860. The maximum atomic E-state index is 5.97. The van der Waals surface area contributed by atoms with Crippen molar-refractivity contribution in [1.82, 2.24) is 0 Å². The van der Waals surface area contributed by atoms with E-state index in [1.807, 2.05) is 18.2 Å². The van der Waals surface area contributed by atoms with Crippen LogP contribution in [0.15, 0.2) is 24.3 Å². The molecule has 0 fully saturated rings. The molecule has 2 rings (SSSR count). The fourth-order valence-electron chi connectivity index (χ4n) is 1.90. The van der Waals surface area contributed by atoms with Gasteiger partial charge in [-0.25, -0.2) is 0 Å². The fourth-order valence-corrected chi connectivity index (χ4v) is 1.90. The van der Waals surface area contributed by atoms with Crippen molar-refractivity contribution in [1.29, 1.82) is 0 Å². The van der Waals surface area contributed by atoms with E-state index >= 15 is 0 Å². The smallest absolute Gasteiger partial charge is 0.0902 e. The standard InChI is InChI=1S/C10H14N2/c11-10(12)7-3-5-8-4-1-2-6-9(8)10/h1-2,4,6H,3,5,7,11-12H2. The van der Waals surface area contributed by atoms with E-state index in [-0.39, 0.29) is 0 Å². The zero-order chi connectivity index (χ0) is 8.60. The molecule has 2 heteroatoms. The summed E-state index contributed by atoms with van der Waals surface area (Å²) in [5, 5.41) is 0. The third kappa shape index (κ3) is 1.13. The molecule has 12 heavy (non-hydrogen) atoms. The van der Waals surface area contributed by atoms with Gasteiger partial charge in [0.2, 0.25) is 0 Å². The van der Waals surface area contributed by atoms with E-state index in [1.165, 1.54) is 5.56 Å². The van der Waals surface area contributed by atoms with Crippen molar-refractivity contribution in [3.05, 3.63) is 35.4 Å². The number of hydrogen-bond donors (Lipinski definition) is 2. The Labute approximate surface area is 72.6 Å². The van der Waals surface area contributed by atoms with Crippen LogP contribution in [0.3, 0.4) is 0 Å². The molecule has 2 nitrogen and oxygen atoms in total. The van der Waals surface area contributed by atoms with Crippen molar-refractivity contribution >= 4 is 0 Å². The summed E-state index contributed by atoms with van der Waals surface area (Å²) in [4.78, 5) is 0. The molecule has 1 aromatic carbocycles. The van der Waals surface area contributed by atoms with Gasteiger partial charge in [0.05, 0.1) is 5.66 Å². The molecule has 0 aliphatic heterocycles. The molecule has 1 aromatic rings. The van der Waals surface area contributed by atoms with Gasteiger partial charge in [0, 0.05) is 0 Å². The zero-order valence-electron chi connectivity index (χ0n) is 7.09. The van der Waals surface area contributed by atoms with Gasteiger partial charge in [-0.15, -0.1) is 0 Å². The van der Waals surface area contributed by atoms with Gasteiger partial charge in [0.1, 0.15) is 0 Å². The summed E-state index contributed by atoms with van der Waals surface area (Å²) in [6, 6.07) is 8.19. The van der Waals surface area contributed by atoms with E-state index in [4.69, 9.17) is 11.5 Å². The number of fused-ring (bicyclic) bond motifs is 1. The molecule has 64 valence electrons. The quantitative estimate of drug-likeness (QED) is 0.561. The van der Waals surface area contributed by atoms with Gasteiger partial charge in [-0.05, 0) is 30.4 Å². The van der Waals surface area contributed by atoms with E-state index in [0.29, 0.717) is 0 Å². The van der Waals surface area contributed by atoms with Crippen LogP contribution < -0.4 is 11.5 Å². The minimum absolute atomic E-state index is 0.588. The van der Waals surface area contributed by atoms with Gasteiger partial charge in [-0.3, -0.25) is 0 Å². The molecule has 4 N–H and O–H groups in total. The second-order valence-corrected chi connectivity index (χ2v) is 3.55.